The molecule has 0 bridgehead atoms. The Bertz CT molecular complexity index is 276. The summed E-state index contributed by atoms with van der Waals surface area (Å²) in [4.78, 5) is 0. The summed E-state index contributed by atoms with van der Waals surface area (Å²) in [6.45, 7) is 6.66. The van der Waals surface area contributed by atoms with E-state index < -0.39 is 0 Å². The molecule has 0 amide bonds. The first kappa shape index (κ1) is 11.6. The predicted octanol–water partition coefficient (Wildman–Crippen LogP) is 3.98. The number of hydrogen-bond acceptors (Lipinski definition) is 1. The first-order valence-electron chi connectivity index (χ1n) is 5.30. The molecule has 0 aromatic heterocycles. The van der Waals surface area contributed by atoms with Crippen LogP contribution in [0.15, 0.2) is 24.3 Å². The van der Waals surface area contributed by atoms with Gasteiger partial charge in [-0.15, -0.1) is 0 Å². The third-order valence-electron chi connectivity index (χ3n) is 2.90. The van der Waals surface area contributed by atoms with Crippen molar-refractivity contribution >= 4 is 12.6 Å². The summed E-state index contributed by atoms with van der Waals surface area (Å²) >= 11 is 4.47. The Kier molecular flexibility index (Phi) is 4.06. The molecule has 1 unspecified atom stereocenters. The minimum Gasteiger partial charge on any atom is -0.178 e. The molecule has 0 saturated heterocycles. The highest BCUT2D eigenvalue weighted by Gasteiger charge is 2.23. The topological polar surface area (TPSA) is 0 Å². The molecule has 1 aromatic carbocycles. The quantitative estimate of drug-likeness (QED) is 0.711. The normalized spacial score (nSPS) is 15.1. The van der Waals surface area contributed by atoms with Crippen molar-refractivity contribution in [2.75, 3.05) is 5.75 Å². The SMILES string of the molecule is CCCC(C)(CS)c1ccc(C)cc1. The molecule has 78 valence electrons. The average molecular weight is 208 g/mol. The van der Waals surface area contributed by atoms with E-state index in [9.17, 15) is 0 Å². The lowest BCUT2D eigenvalue weighted by Gasteiger charge is -2.28. The molecule has 0 spiro atoms. The Morgan fingerprint density at radius 3 is 2.21 bits per heavy atom. The maximum absolute atomic E-state index is 4.47. The maximum atomic E-state index is 4.47. The maximum Gasteiger partial charge on any atom is 0.00127 e. The van der Waals surface area contributed by atoms with E-state index in [-0.39, 0.29) is 5.41 Å². The van der Waals surface area contributed by atoms with E-state index in [2.05, 4.69) is 57.7 Å². The molecule has 0 radical (unpaired) electrons. The largest absolute Gasteiger partial charge is 0.178 e. The van der Waals surface area contributed by atoms with Crippen LogP contribution in [0, 0.1) is 6.92 Å². The molecule has 0 heterocycles. The van der Waals surface area contributed by atoms with Crippen molar-refractivity contribution in [1.29, 1.82) is 0 Å². The van der Waals surface area contributed by atoms with Crippen LogP contribution < -0.4 is 0 Å². The van der Waals surface area contributed by atoms with Gasteiger partial charge in [0.05, 0.1) is 0 Å². The zero-order valence-corrected chi connectivity index (χ0v) is 10.3. The molecule has 1 aromatic rings. The minimum absolute atomic E-state index is 0.242. The van der Waals surface area contributed by atoms with Crippen LogP contribution in [-0.2, 0) is 5.41 Å². The summed E-state index contributed by atoms with van der Waals surface area (Å²) in [5.41, 5.74) is 2.98. The monoisotopic (exact) mass is 208 g/mol. The van der Waals surface area contributed by atoms with Gasteiger partial charge in [0.1, 0.15) is 0 Å². The van der Waals surface area contributed by atoms with Gasteiger partial charge < -0.3 is 0 Å². The van der Waals surface area contributed by atoms with Gasteiger partial charge in [0.2, 0.25) is 0 Å². The highest BCUT2D eigenvalue weighted by Crippen LogP contribution is 2.30. The van der Waals surface area contributed by atoms with Crippen LogP contribution in [0.1, 0.15) is 37.8 Å². The number of benzene rings is 1. The number of thiol groups is 1. The molecule has 0 aliphatic carbocycles. The fourth-order valence-electron chi connectivity index (χ4n) is 1.82. The first-order chi connectivity index (χ1) is 6.62. The molecular weight excluding hydrogens is 188 g/mol. The van der Waals surface area contributed by atoms with Gasteiger partial charge in [-0.05, 0) is 24.7 Å². The molecule has 0 aliphatic heterocycles. The van der Waals surface area contributed by atoms with E-state index in [4.69, 9.17) is 0 Å². The Balaban J connectivity index is 2.94. The van der Waals surface area contributed by atoms with Crippen molar-refractivity contribution in [3.05, 3.63) is 35.4 Å². The standard InChI is InChI=1S/C13H20S/c1-4-9-13(3,10-14)12-7-5-11(2)6-8-12/h5-8,14H,4,9-10H2,1-3H3. The molecule has 14 heavy (non-hydrogen) atoms. The summed E-state index contributed by atoms with van der Waals surface area (Å²) in [6.07, 6.45) is 2.42. The molecule has 1 heteroatoms. The van der Waals surface area contributed by atoms with Crippen molar-refractivity contribution in [2.45, 2.75) is 39.0 Å². The van der Waals surface area contributed by atoms with Gasteiger partial charge in [-0.1, -0.05) is 50.1 Å². The van der Waals surface area contributed by atoms with E-state index in [1.165, 1.54) is 24.0 Å². The van der Waals surface area contributed by atoms with Gasteiger partial charge in [-0.2, -0.15) is 12.6 Å². The minimum atomic E-state index is 0.242. The molecule has 1 rings (SSSR count). The Labute approximate surface area is 93.1 Å². The van der Waals surface area contributed by atoms with Crippen molar-refractivity contribution in [1.82, 2.24) is 0 Å². The fraction of sp³-hybridized carbons (Fsp3) is 0.538. The number of aryl methyl sites for hydroxylation is 1. The Morgan fingerprint density at radius 2 is 1.79 bits per heavy atom. The van der Waals surface area contributed by atoms with Crippen LogP contribution >= 0.6 is 12.6 Å². The van der Waals surface area contributed by atoms with E-state index in [0.29, 0.717) is 0 Å². The van der Waals surface area contributed by atoms with Crippen LogP contribution in [0.4, 0.5) is 0 Å². The molecule has 0 aliphatic rings. The Hall–Kier alpha value is -0.430. The zero-order valence-electron chi connectivity index (χ0n) is 9.38. The molecule has 1 atom stereocenters. The second kappa shape index (κ2) is 4.88. The van der Waals surface area contributed by atoms with Crippen LogP contribution in [0.5, 0.6) is 0 Å². The summed E-state index contributed by atoms with van der Waals surface area (Å²) < 4.78 is 0. The highest BCUT2D eigenvalue weighted by molar-refractivity contribution is 7.80. The summed E-state index contributed by atoms with van der Waals surface area (Å²) in [5, 5.41) is 0. The highest BCUT2D eigenvalue weighted by atomic mass is 32.1. The van der Waals surface area contributed by atoms with Gasteiger partial charge in [0.15, 0.2) is 0 Å². The number of hydrogen-bond donors (Lipinski definition) is 1. The Morgan fingerprint density at radius 1 is 1.21 bits per heavy atom. The lowest BCUT2D eigenvalue weighted by atomic mass is 9.80. The fourth-order valence-corrected chi connectivity index (χ4v) is 2.16. The second-order valence-corrected chi connectivity index (χ2v) is 4.65. The van der Waals surface area contributed by atoms with Gasteiger partial charge in [-0.3, -0.25) is 0 Å². The van der Waals surface area contributed by atoms with Crippen molar-refractivity contribution in [2.24, 2.45) is 0 Å². The third-order valence-corrected chi connectivity index (χ3v) is 3.60. The average Bonchev–Trinajstić information content (AvgIpc) is 2.19. The molecule has 0 saturated carbocycles. The van der Waals surface area contributed by atoms with Gasteiger partial charge in [0, 0.05) is 5.41 Å². The van der Waals surface area contributed by atoms with E-state index in [1.807, 2.05) is 0 Å². The van der Waals surface area contributed by atoms with E-state index in [0.717, 1.165) is 5.75 Å². The third kappa shape index (κ3) is 2.54. The molecule has 0 fully saturated rings. The summed E-state index contributed by atoms with van der Waals surface area (Å²) in [7, 11) is 0. The number of rotatable bonds is 4. The predicted molar refractivity (Wildman–Crippen MR) is 67.3 cm³/mol. The van der Waals surface area contributed by atoms with E-state index in [1.54, 1.807) is 0 Å². The zero-order chi connectivity index (χ0) is 10.6. The van der Waals surface area contributed by atoms with Crippen molar-refractivity contribution < 1.29 is 0 Å². The van der Waals surface area contributed by atoms with Crippen molar-refractivity contribution in [3.8, 4) is 0 Å². The van der Waals surface area contributed by atoms with Gasteiger partial charge >= 0.3 is 0 Å². The van der Waals surface area contributed by atoms with Crippen LogP contribution in [0.25, 0.3) is 0 Å². The van der Waals surface area contributed by atoms with Crippen LogP contribution in [0.2, 0.25) is 0 Å². The van der Waals surface area contributed by atoms with Crippen LogP contribution in [-0.4, -0.2) is 5.75 Å². The van der Waals surface area contributed by atoms with Gasteiger partial charge in [-0.25, -0.2) is 0 Å². The molecule has 0 nitrogen and oxygen atoms in total. The first-order valence-corrected chi connectivity index (χ1v) is 5.93. The lowest BCUT2D eigenvalue weighted by Crippen LogP contribution is -2.23. The summed E-state index contributed by atoms with van der Waals surface area (Å²) in [5.74, 6) is 0.921. The van der Waals surface area contributed by atoms with Crippen LogP contribution in [0.3, 0.4) is 0 Å². The van der Waals surface area contributed by atoms with E-state index >= 15 is 0 Å². The lowest BCUT2D eigenvalue weighted by molar-refractivity contribution is 0.483. The summed E-state index contributed by atoms with van der Waals surface area (Å²) in [6, 6.07) is 8.85. The molecule has 0 N–H and O–H groups in total. The van der Waals surface area contributed by atoms with Gasteiger partial charge in [0.25, 0.3) is 0 Å². The smallest absolute Gasteiger partial charge is 0.00127 e. The second-order valence-electron chi connectivity index (χ2n) is 4.33. The van der Waals surface area contributed by atoms with Crippen molar-refractivity contribution in [3.63, 3.8) is 0 Å². The molecular formula is C13H20S.